The van der Waals surface area contributed by atoms with Crippen molar-refractivity contribution < 1.29 is 17.9 Å². The van der Waals surface area contributed by atoms with Crippen molar-refractivity contribution in [1.29, 1.82) is 0 Å². The second-order valence-corrected chi connectivity index (χ2v) is 3.91. The Labute approximate surface area is 110 Å². The van der Waals surface area contributed by atoms with Crippen molar-refractivity contribution in [2.45, 2.75) is 6.18 Å². The fraction of sp³-hybridized carbons (Fsp3) is 0.444. The Balaban J connectivity index is 1.89. The van der Waals surface area contributed by atoms with Crippen molar-refractivity contribution in [2.75, 3.05) is 25.1 Å². The van der Waals surface area contributed by atoms with Crippen molar-refractivity contribution in [3.63, 3.8) is 0 Å². The number of ether oxygens (including phenoxy) is 1. The predicted molar refractivity (Wildman–Crippen MR) is 62.1 cm³/mol. The average Bonchev–Trinajstić information content (AvgIpc) is 2.74. The van der Waals surface area contributed by atoms with Crippen LogP contribution in [-0.2, 0) is 4.74 Å². The third-order valence-electron chi connectivity index (χ3n) is 2.09. The Morgan fingerprint density at radius 2 is 2.16 bits per heavy atom. The topological polar surface area (TPSA) is 75.7 Å². The highest BCUT2D eigenvalue weighted by Crippen LogP contribution is 2.19. The number of alkyl halides is 3. The van der Waals surface area contributed by atoms with Gasteiger partial charge in [-0.25, -0.2) is 0 Å². The first-order chi connectivity index (χ1) is 8.96. The van der Waals surface area contributed by atoms with Crippen molar-refractivity contribution in [3.05, 3.63) is 11.5 Å². The van der Waals surface area contributed by atoms with Gasteiger partial charge in [0.05, 0.1) is 18.2 Å². The molecule has 6 nitrogen and oxygen atoms in total. The first-order valence-corrected chi connectivity index (χ1v) is 5.58. The van der Waals surface area contributed by atoms with E-state index >= 15 is 0 Å². The smallest absolute Gasteiger partial charge is 0.370 e. The summed E-state index contributed by atoms with van der Waals surface area (Å²) >= 11 is 5.69. The summed E-state index contributed by atoms with van der Waals surface area (Å²) in [6, 6.07) is 0. The van der Waals surface area contributed by atoms with Gasteiger partial charge in [-0.15, -0.1) is 0 Å². The van der Waals surface area contributed by atoms with E-state index in [2.05, 4.69) is 30.2 Å². The molecule has 0 saturated heterocycles. The highest BCUT2D eigenvalue weighted by atomic mass is 35.5. The number of hydrogen-bond acceptors (Lipinski definition) is 5. The maximum atomic E-state index is 11.8. The molecule has 0 aromatic carbocycles. The molecule has 0 unspecified atom stereocenters. The van der Waals surface area contributed by atoms with Crippen LogP contribution in [0.2, 0.25) is 5.28 Å². The van der Waals surface area contributed by atoms with E-state index in [0.29, 0.717) is 16.9 Å². The van der Waals surface area contributed by atoms with Crippen LogP contribution < -0.4 is 5.32 Å². The van der Waals surface area contributed by atoms with Crippen molar-refractivity contribution >= 4 is 28.5 Å². The second kappa shape index (κ2) is 5.57. The Hall–Kier alpha value is -1.61. The monoisotopic (exact) mass is 295 g/mol. The Bertz CT molecular complexity index is 558. The van der Waals surface area contributed by atoms with Crippen molar-refractivity contribution in [1.82, 2.24) is 20.2 Å². The van der Waals surface area contributed by atoms with Crippen LogP contribution in [0, 0.1) is 0 Å². The standard InChI is InChI=1S/C9H9ClF3N5O/c10-8-16-6(5-3-15-18-7(5)17-8)14-1-2-19-4-9(11,12)13/h3H,1-2,4H2,(H2,14,15,16,17,18). The van der Waals surface area contributed by atoms with Gasteiger partial charge in [-0.3, -0.25) is 5.10 Å². The van der Waals surface area contributed by atoms with Gasteiger partial charge >= 0.3 is 6.18 Å². The van der Waals surface area contributed by atoms with Gasteiger partial charge in [-0.05, 0) is 11.6 Å². The minimum absolute atomic E-state index is 0.00969. The average molecular weight is 296 g/mol. The molecule has 104 valence electrons. The molecule has 2 aromatic heterocycles. The molecule has 0 radical (unpaired) electrons. The van der Waals surface area contributed by atoms with Gasteiger partial charge in [-0.2, -0.15) is 28.2 Å². The van der Waals surface area contributed by atoms with Gasteiger partial charge < -0.3 is 10.1 Å². The molecule has 0 atom stereocenters. The second-order valence-electron chi connectivity index (χ2n) is 3.57. The highest BCUT2D eigenvalue weighted by molar-refractivity contribution is 6.28. The lowest BCUT2D eigenvalue weighted by Gasteiger charge is -2.09. The van der Waals surface area contributed by atoms with Crippen LogP contribution in [0.25, 0.3) is 11.0 Å². The number of nitrogens with one attached hydrogen (secondary N) is 2. The van der Waals surface area contributed by atoms with E-state index in [4.69, 9.17) is 11.6 Å². The highest BCUT2D eigenvalue weighted by Gasteiger charge is 2.27. The van der Waals surface area contributed by atoms with E-state index in [1.54, 1.807) is 0 Å². The molecule has 10 heteroatoms. The van der Waals surface area contributed by atoms with Crippen LogP contribution in [0.15, 0.2) is 6.20 Å². The molecule has 19 heavy (non-hydrogen) atoms. The normalized spacial score (nSPS) is 12.0. The van der Waals surface area contributed by atoms with Crippen molar-refractivity contribution in [3.8, 4) is 0 Å². The summed E-state index contributed by atoms with van der Waals surface area (Å²) in [4.78, 5) is 7.81. The maximum Gasteiger partial charge on any atom is 0.411 e. The zero-order valence-electron chi connectivity index (χ0n) is 9.46. The van der Waals surface area contributed by atoms with E-state index in [1.807, 2.05) is 0 Å². The lowest BCUT2D eigenvalue weighted by atomic mass is 10.4. The molecule has 0 aliphatic carbocycles. The van der Waals surface area contributed by atoms with Crippen LogP contribution in [0.1, 0.15) is 0 Å². The molecular weight excluding hydrogens is 287 g/mol. The lowest BCUT2D eigenvalue weighted by Crippen LogP contribution is -2.20. The molecule has 0 bridgehead atoms. The van der Waals surface area contributed by atoms with E-state index in [1.165, 1.54) is 6.20 Å². The molecule has 2 heterocycles. The quantitative estimate of drug-likeness (QED) is 0.652. The molecular formula is C9H9ClF3N5O. The van der Waals surface area contributed by atoms with Gasteiger partial charge in [0.1, 0.15) is 12.4 Å². The summed E-state index contributed by atoms with van der Waals surface area (Å²) in [6.45, 7) is -1.23. The van der Waals surface area contributed by atoms with Crippen LogP contribution >= 0.6 is 11.6 Å². The molecule has 2 N–H and O–H groups in total. The number of aromatic amines is 1. The molecule has 2 aromatic rings. The summed E-state index contributed by atoms with van der Waals surface area (Å²) in [5.41, 5.74) is 0.443. The molecule has 0 saturated carbocycles. The number of nitrogens with zero attached hydrogens (tertiary/aromatic N) is 3. The first kappa shape index (κ1) is 13.8. The van der Waals surface area contributed by atoms with E-state index in [9.17, 15) is 13.2 Å². The van der Waals surface area contributed by atoms with E-state index in [0.717, 1.165) is 0 Å². The number of hydrogen-bond donors (Lipinski definition) is 2. The van der Waals surface area contributed by atoms with Gasteiger partial charge in [0.25, 0.3) is 0 Å². The molecule has 0 aliphatic rings. The molecule has 2 rings (SSSR count). The molecule has 0 spiro atoms. The molecule has 0 aliphatic heterocycles. The summed E-state index contributed by atoms with van der Waals surface area (Å²) in [7, 11) is 0. The van der Waals surface area contributed by atoms with E-state index in [-0.39, 0.29) is 18.4 Å². The SMILES string of the molecule is FC(F)(F)COCCNc1nc(Cl)nc2[nH]ncc12. The van der Waals surface area contributed by atoms with Crippen LogP contribution in [0.4, 0.5) is 19.0 Å². The van der Waals surface area contributed by atoms with Gasteiger partial charge in [0, 0.05) is 6.54 Å². The Morgan fingerprint density at radius 1 is 1.37 bits per heavy atom. The number of H-pyrrole nitrogens is 1. The number of anilines is 1. The Morgan fingerprint density at radius 3 is 2.89 bits per heavy atom. The van der Waals surface area contributed by atoms with Crippen LogP contribution in [0.5, 0.6) is 0 Å². The minimum atomic E-state index is -4.32. The third kappa shape index (κ3) is 3.93. The number of rotatable bonds is 5. The first-order valence-electron chi connectivity index (χ1n) is 5.21. The third-order valence-corrected chi connectivity index (χ3v) is 2.26. The predicted octanol–water partition coefficient (Wildman–Crippen LogP) is 2.00. The van der Waals surface area contributed by atoms with Crippen LogP contribution in [-0.4, -0.2) is 46.1 Å². The van der Waals surface area contributed by atoms with Gasteiger partial charge in [0.2, 0.25) is 5.28 Å². The number of aromatic nitrogens is 4. The summed E-state index contributed by atoms with van der Waals surface area (Å²) in [5.74, 6) is 0.388. The summed E-state index contributed by atoms with van der Waals surface area (Å²) in [5, 5.41) is 9.81. The fourth-order valence-corrected chi connectivity index (χ4v) is 1.54. The zero-order chi connectivity index (χ0) is 13.9. The molecule has 0 amide bonds. The van der Waals surface area contributed by atoms with Gasteiger partial charge in [-0.1, -0.05) is 0 Å². The van der Waals surface area contributed by atoms with E-state index < -0.39 is 12.8 Å². The lowest BCUT2D eigenvalue weighted by molar-refractivity contribution is -0.172. The van der Waals surface area contributed by atoms with Crippen LogP contribution in [0.3, 0.4) is 0 Å². The summed E-state index contributed by atoms with van der Waals surface area (Å²) < 4.78 is 39.9. The van der Waals surface area contributed by atoms with Crippen molar-refractivity contribution in [2.24, 2.45) is 0 Å². The number of halogens is 4. The number of fused-ring (bicyclic) bond motifs is 1. The zero-order valence-corrected chi connectivity index (χ0v) is 10.2. The fourth-order valence-electron chi connectivity index (χ4n) is 1.37. The summed E-state index contributed by atoms with van der Waals surface area (Å²) in [6.07, 6.45) is -2.83. The van der Waals surface area contributed by atoms with Gasteiger partial charge in [0.15, 0.2) is 5.65 Å². The minimum Gasteiger partial charge on any atom is -0.370 e. The maximum absolute atomic E-state index is 11.8. The molecule has 0 fully saturated rings. The Kier molecular flexibility index (Phi) is 4.05. The largest absolute Gasteiger partial charge is 0.411 e.